The predicted octanol–water partition coefficient (Wildman–Crippen LogP) is 6.71. The van der Waals surface area contributed by atoms with Crippen LogP contribution < -0.4 is 0 Å². The Morgan fingerprint density at radius 2 is 1.75 bits per heavy atom. The fourth-order valence-electron chi connectivity index (χ4n) is 6.91. The van der Waals surface area contributed by atoms with Gasteiger partial charge in [-0.25, -0.2) is 0 Å². The van der Waals surface area contributed by atoms with Gasteiger partial charge in [0.15, 0.2) is 0 Å². The van der Waals surface area contributed by atoms with E-state index in [9.17, 15) is 23.4 Å². The van der Waals surface area contributed by atoms with E-state index in [4.69, 9.17) is 0 Å². The minimum Gasteiger partial charge on any atom is -0.508 e. The van der Waals surface area contributed by atoms with Crippen LogP contribution in [-0.4, -0.2) is 15.8 Å². The van der Waals surface area contributed by atoms with Crippen molar-refractivity contribution in [3.63, 3.8) is 0 Å². The van der Waals surface area contributed by atoms with E-state index in [1.165, 1.54) is 23.3 Å². The van der Waals surface area contributed by atoms with E-state index < -0.39 is 17.3 Å². The topological polar surface area (TPSA) is 40.5 Å². The molecule has 0 bridgehead atoms. The zero-order chi connectivity index (χ0) is 22.7. The quantitative estimate of drug-likeness (QED) is 0.543. The van der Waals surface area contributed by atoms with E-state index in [0.717, 1.165) is 44.2 Å². The first-order chi connectivity index (χ1) is 15.1. The normalized spacial score (nSPS) is 34.2. The zero-order valence-electron chi connectivity index (χ0n) is 18.2. The van der Waals surface area contributed by atoms with Gasteiger partial charge < -0.3 is 10.2 Å². The lowest BCUT2D eigenvalue weighted by Gasteiger charge is -2.52. The van der Waals surface area contributed by atoms with Crippen LogP contribution in [0.5, 0.6) is 5.75 Å². The molecule has 0 spiro atoms. The maximum Gasteiger partial charge on any atom is 0.416 e. The number of hydrogen-bond acceptors (Lipinski definition) is 2. The molecule has 170 valence electrons. The Bertz CT molecular complexity index is 1040. The summed E-state index contributed by atoms with van der Waals surface area (Å²) in [6.07, 6.45) is 4.85. The van der Waals surface area contributed by atoms with Gasteiger partial charge in [-0.1, -0.05) is 37.3 Å². The van der Waals surface area contributed by atoms with E-state index in [0.29, 0.717) is 35.5 Å². The van der Waals surface area contributed by atoms with Gasteiger partial charge in [-0.2, -0.15) is 13.2 Å². The Kier molecular flexibility index (Phi) is 4.97. The molecule has 3 aliphatic rings. The van der Waals surface area contributed by atoms with E-state index in [2.05, 4.69) is 13.0 Å². The van der Waals surface area contributed by atoms with Crippen molar-refractivity contribution >= 4 is 6.08 Å². The number of phenols is 1. The van der Waals surface area contributed by atoms with Gasteiger partial charge in [-0.15, -0.1) is 0 Å². The van der Waals surface area contributed by atoms with Crippen LogP contribution in [0.15, 0.2) is 48.5 Å². The fourth-order valence-corrected chi connectivity index (χ4v) is 6.91. The van der Waals surface area contributed by atoms with Gasteiger partial charge in [0, 0.05) is 5.41 Å². The summed E-state index contributed by atoms with van der Waals surface area (Å²) in [5, 5.41) is 21.6. The fraction of sp³-hybridized carbons (Fsp3) is 0.481. The van der Waals surface area contributed by atoms with Crippen LogP contribution in [-0.2, 0) is 12.6 Å². The molecular formula is C27H29F3O2. The molecule has 32 heavy (non-hydrogen) atoms. The second-order valence-corrected chi connectivity index (χ2v) is 10.2. The van der Waals surface area contributed by atoms with Crippen molar-refractivity contribution in [1.82, 2.24) is 0 Å². The molecule has 2 aromatic carbocycles. The highest BCUT2D eigenvalue weighted by Gasteiger charge is 2.60. The second-order valence-electron chi connectivity index (χ2n) is 10.2. The molecular weight excluding hydrogens is 413 g/mol. The molecule has 0 unspecified atom stereocenters. The van der Waals surface area contributed by atoms with E-state index in [1.54, 1.807) is 12.1 Å². The average molecular weight is 443 g/mol. The molecule has 0 aromatic heterocycles. The number of aromatic hydroxyl groups is 1. The number of aryl methyl sites for hydroxylation is 1. The van der Waals surface area contributed by atoms with Crippen molar-refractivity contribution in [2.75, 3.05) is 0 Å². The molecule has 2 saturated carbocycles. The highest BCUT2D eigenvalue weighted by atomic mass is 19.4. The summed E-state index contributed by atoms with van der Waals surface area (Å²) in [6, 6.07) is 10.9. The molecule has 5 rings (SSSR count). The summed E-state index contributed by atoms with van der Waals surface area (Å²) in [7, 11) is 0. The highest BCUT2D eigenvalue weighted by Crippen LogP contribution is 2.64. The molecule has 2 aromatic rings. The minimum atomic E-state index is -4.34. The van der Waals surface area contributed by atoms with Gasteiger partial charge >= 0.3 is 6.18 Å². The summed E-state index contributed by atoms with van der Waals surface area (Å²) >= 11 is 0. The Labute approximate surface area is 186 Å². The van der Waals surface area contributed by atoms with E-state index in [-0.39, 0.29) is 5.41 Å². The number of benzene rings is 2. The number of alkyl halides is 3. The Hall–Kier alpha value is -2.27. The molecule has 0 aliphatic heterocycles. The lowest BCUT2D eigenvalue weighted by molar-refractivity contribution is -0.137. The Balaban J connectivity index is 1.38. The molecule has 2 fully saturated rings. The summed E-state index contributed by atoms with van der Waals surface area (Å²) in [4.78, 5) is 0. The molecule has 5 atom stereocenters. The number of aliphatic hydroxyl groups is 1. The number of hydrogen-bond donors (Lipinski definition) is 2. The smallest absolute Gasteiger partial charge is 0.416 e. The van der Waals surface area contributed by atoms with Crippen molar-refractivity contribution in [2.24, 2.45) is 17.3 Å². The van der Waals surface area contributed by atoms with E-state index in [1.807, 2.05) is 12.1 Å². The predicted molar refractivity (Wildman–Crippen MR) is 118 cm³/mol. The SMILES string of the molecule is C[C@]12CC[C@@H]3c4ccc(O)cc4CC[C@H]3[C@@H]1CC[C@]2(O)/C=C\c1ccc(C(F)(F)F)cc1. The summed E-state index contributed by atoms with van der Waals surface area (Å²) in [6.45, 7) is 2.20. The maximum atomic E-state index is 12.8. The van der Waals surface area contributed by atoms with Gasteiger partial charge in [0.05, 0.1) is 11.2 Å². The standard InChI is InChI=1S/C27H29F3O2/c1-25-13-11-22-21-9-7-20(31)16-18(21)4-8-23(22)24(25)12-15-26(25,32)14-10-17-2-5-19(6-3-17)27(28,29)30/h2-3,5-7,9-10,14,16,22-24,31-32H,4,8,11-13,15H2,1H3/b14-10-/t22-,23-,24+,25+,26-/m1/s1. The van der Waals surface area contributed by atoms with Gasteiger partial charge in [0.2, 0.25) is 0 Å². The third kappa shape index (κ3) is 3.37. The number of fused-ring (bicyclic) bond motifs is 5. The zero-order valence-corrected chi connectivity index (χ0v) is 18.2. The first-order valence-corrected chi connectivity index (χ1v) is 11.5. The number of rotatable bonds is 2. The second kappa shape index (κ2) is 7.38. The monoisotopic (exact) mass is 442 g/mol. The molecule has 0 saturated heterocycles. The molecule has 5 heteroatoms. The van der Waals surface area contributed by atoms with Crippen molar-refractivity contribution in [2.45, 2.75) is 63.1 Å². The van der Waals surface area contributed by atoms with Crippen LogP contribution in [0.25, 0.3) is 6.08 Å². The largest absolute Gasteiger partial charge is 0.508 e. The average Bonchev–Trinajstić information content (AvgIpc) is 3.03. The Morgan fingerprint density at radius 3 is 2.47 bits per heavy atom. The van der Waals surface area contributed by atoms with Crippen LogP contribution in [0.3, 0.4) is 0 Å². The molecule has 2 nitrogen and oxygen atoms in total. The van der Waals surface area contributed by atoms with Gasteiger partial charge in [0.25, 0.3) is 0 Å². The molecule has 2 N–H and O–H groups in total. The van der Waals surface area contributed by atoms with Gasteiger partial charge in [-0.3, -0.25) is 0 Å². The number of halogens is 3. The first kappa shape index (κ1) is 21.6. The van der Waals surface area contributed by atoms with E-state index >= 15 is 0 Å². The molecule has 0 heterocycles. The molecule has 0 radical (unpaired) electrons. The van der Waals surface area contributed by atoms with Crippen LogP contribution in [0.2, 0.25) is 0 Å². The highest BCUT2D eigenvalue weighted by molar-refractivity contribution is 5.52. The third-order valence-corrected chi connectivity index (χ3v) is 8.71. The van der Waals surface area contributed by atoms with Crippen molar-refractivity contribution in [3.8, 4) is 5.75 Å². The van der Waals surface area contributed by atoms with Crippen LogP contribution in [0, 0.1) is 17.3 Å². The molecule has 0 amide bonds. The summed E-state index contributed by atoms with van der Waals surface area (Å²) < 4.78 is 38.5. The van der Waals surface area contributed by atoms with Crippen LogP contribution in [0.1, 0.15) is 67.2 Å². The van der Waals surface area contributed by atoms with Gasteiger partial charge in [0.1, 0.15) is 5.75 Å². The maximum absolute atomic E-state index is 12.8. The third-order valence-electron chi connectivity index (χ3n) is 8.71. The lowest BCUT2D eigenvalue weighted by Crippen LogP contribution is -2.49. The first-order valence-electron chi connectivity index (χ1n) is 11.5. The van der Waals surface area contributed by atoms with Crippen molar-refractivity contribution < 1.29 is 23.4 Å². The summed E-state index contributed by atoms with van der Waals surface area (Å²) in [5.74, 6) is 1.72. The van der Waals surface area contributed by atoms with Crippen LogP contribution in [0.4, 0.5) is 13.2 Å². The number of phenolic OH excluding ortho intramolecular Hbond substituents is 1. The molecule has 3 aliphatic carbocycles. The lowest BCUT2D eigenvalue weighted by atomic mass is 9.53. The van der Waals surface area contributed by atoms with Crippen molar-refractivity contribution in [3.05, 3.63) is 70.8 Å². The Morgan fingerprint density at radius 1 is 1.00 bits per heavy atom. The minimum absolute atomic E-state index is 0.245. The van der Waals surface area contributed by atoms with Crippen molar-refractivity contribution in [1.29, 1.82) is 0 Å². The van der Waals surface area contributed by atoms with Gasteiger partial charge in [-0.05, 0) is 97.2 Å². The van der Waals surface area contributed by atoms with Crippen LogP contribution >= 0.6 is 0 Å². The summed E-state index contributed by atoms with van der Waals surface area (Å²) in [5.41, 5.74) is 1.41.